The van der Waals surface area contributed by atoms with E-state index in [1.54, 1.807) is 30.3 Å². The number of methoxy groups -OCH3 is 1. The van der Waals surface area contributed by atoms with Crippen molar-refractivity contribution in [1.82, 2.24) is 4.90 Å². The number of hydrogen-bond acceptors (Lipinski definition) is 9. The normalized spacial score (nSPS) is 14.2. The van der Waals surface area contributed by atoms with Gasteiger partial charge in [-0.25, -0.2) is 18.8 Å². The molecule has 1 fully saturated rings. The summed E-state index contributed by atoms with van der Waals surface area (Å²) < 4.78 is 33.8. The van der Waals surface area contributed by atoms with Gasteiger partial charge in [0.1, 0.15) is 25.0 Å². The maximum Gasteiger partial charge on any atom is 0.341 e. The van der Waals surface area contributed by atoms with Crippen LogP contribution in [-0.4, -0.2) is 72.5 Å². The van der Waals surface area contributed by atoms with Gasteiger partial charge in [-0.2, -0.15) is 0 Å². The quantitative estimate of drug-likeness (QED) is 0.187. The summed E-state index contributed by atoms with van der Waals surface area (Å²) in [5, 5.41) is 8.71. The lowest BCUT2D eigenvalue weighted by molar-refractivity contribution is -0.162. The number of piperidine rings is 1. The van der Waals surface area contributed by atoms with Gasteiger partial charge in [0.15, 0.2) is 18.2 Å². The van der Waals surface area contributed by atoms with Crippen molar-refractivity contribution >= 4 is 29.6 Å². The Bertz CT molecular complexity index is 1420. The summed E-state index contributed by atoms with van der Waals surface area (Å²) >= 11 is 0. The van der Waals surface area contributed by atoms with Crippen molar-refractivity contribution in [3.63, 3.8) is 0 Å². The zero-order valence-corrected chi connectivity index (χ0v) is 26.9. The van der Waals surface area contributed by atoms with Gasteiger partial charge in [0.25, 0.3) is 5.91 Å². The van der Waals surface area contributed by atoms with E-state index in [1.807, 2.05) is 19.9 Å². The highest BCUT2D eigenvalue weighted by molar-refractivity contribution is 6.38. The van der Waals surface area contributed by atoms with E-state index in [0.29, 0.717) is 48.3 Å². The van der Waals surface area contributed by atoms with Crippen LogP contribution in [0.2, 0.25) is 0 Å². The molecule has 1 saturated heterocycles. The zero-order chi connectivity index (χ0) is 34.4. The van der Waals surface area contributed by atoms with E-state index in [-0.39, 0.29) is 25.6 Å². The van der Waals surface area contributed by atoms with Crippen LogP contribution >= 0.6 is 0 Å². The SMILES string of the molecule is C=CC(=O)OCC(C)(C)C(=O)C(=O)N1CCCCC1C(=O)OCc1cccc(OCC(=O)O)c1.CCc1ccc(C)c(OC)c1F. The van der Waals surface area contributed by atoms with E-state index in [9.17, 15) is 28.4 Å². The van der Waals surface area contributed by atoms with Crippen molar-refractivity contribution in [3.05, 3.63) is 71.6 Å². The lowest BCUT2D eigenvalue weighted by Gasteiger charge is -2.35. The van der Waals surface area contributed by atoms with E-state index in [2.05, 4.69) is 6.58 Å². The van der Waals surface area contributed by atoms with Gasteiger partial charge in [-0.3, -0.25) is 9.59 Å². The van der Waals surface area contributed by atoms with Gasteiger partial charge >= 0.3 is 17.9 Å². The van der Waals surface area contributed by atoms with Crippen molar-refractivity contribution in [2.45, 2.75) is 66.0 Å². The molecule has 1 unspecified atom stereocenters. The van der Waals surface area contributed by atoms with Crippen molar-refractivity contribution < 1.29 is 52.4 Å². The average molecular weight is 644 g/mol. The summed E-state index contributed by atoms with van der Waals surface area (Å²) in [6, 6.07) is 9.21. The van der Waals surface area contributed by atoms with Gasteiger partial charge < -0.3 is 29.0 Å². The number of esters is 2. The van der Waals surface area contributed by atoms with Gasteiger partial charge in [0, 0.05) is 12.6 Å². The fourth-order valence-electron chi connectivity index (χ4n) is 4.55. The van der Waals surface area contributed by atoms with Crippen LogP contribution in [-0.2, 0) is 46.5 Å². The summed E-state index contributed by atoms with van der Waals surface area (Å²) in [5.41, 5.74) is 0.841. The summed E-state index contributed by atoms with van der Waals surface area (Å²) in [5.74, 6) is -3.60. The minimum absolute atomic E-state index is 0.113. The number of ether oxygens (including phenoxy) is 4. The average Bonchev–Trinajstić information content (AvgIpc) is 3.05. The summed E-state index contributed by atoms with van der Waals surface area (Å²) in [4.78, 5) is 61.8. The minimum Gasteiger partial charge on any atom is -0.493 e. The number of amides is 1. The Morgan fingerprint density at radius 3 is 2.46 bits per heavy atom. The molecule has 3 rings (SSSR count). The van der Waals surface area contributed by atoms with Crippen LogP contribution in [0, 0.1) is 18.2 Å². The maximum absolute atomic E-state index is 13.4. The smallest absolute Gasteiger partial charge is 0.341 e. The first kappa shape index (κ1) is 37.4. The third kappa shape index (κ3) is 10.7. The maximum atomic E-state index is 13.4. The molecule has 0 saturated carbocycles. The van der Waals surface area contributed by atoms with Crippen LogP contribution in [0.3, 0.4) is 0 Å². The van der Waals surface area contributed by atoms with Crippen LogP contribution < -0.4 is 9.47 Å². The van der Waals surface area contributed by atoms with Crippen LogP contribution in [0.25, 0.3) is 0 Å². The molecule has 1 aliphatic heterocycles. The van der Waals surface area contributed by atoms with Crippen molar-refractivity contribution in [1.29, 1.82) is 0 Å². The lowest BCUT2D eigenvalue weighted by atomic mass is 9.87. The number of carbonyl (C=O) groups is 5. The molecule has 12 heteroatoms. The van der Waals surface area contributed by atoms with E-state index in [1.165, 1.54) is 25.9 Å². The molecule has 1 atom stereocenters. The number of aliphatic carboxylic acids is 1. The summed E-state index contributed by atoms with van der Waals surface area (Å²) in [6.45, 7) is 9.33. The number of halogens is 1. The van der Waals surface area contributed by atoms with Crippen LogP contribution in [0.1, 0.15) is 56.7 Å². The molecule has 0 aromatic heterocycles. The van der Waals surface area contributed by atoms with Crippen molar-refractivity contribution in [2.24, 2.45) is 5.41 Å². The van der Waals surface area contributed by atoms with E-state index in [4.69, 9.17) is 24.1 Å². The number of Topliss-reactive ketones (excluding diaryl/α,β-unsaturated/α-hetero) is 1. The molecule has 0 bridgehead atoms. The highest BCUT2D eigenvalue weighted by Gasteiger charge is 2.42. The minimum atomic E-state index is -1.28. The Hall–Kier alpha value is -4.74. The van der Waals surface area contributed by atoms with Gasteiger partial charge in [0.2, 0.25) is 5.78 Å². The molecule has 250 valence electrons. The molecule has 0 aliphatic carbocycles. The summed E-state index contributed by atoms with van der Waals surface area (Å²) in [6.07, 6.45) is 3.34. The highest BCUT2D eigenvalue weighted by atomic mass is 19.1. The fourth-order valence-corrected chi connectivity index (χ4v) is 4.55. The largest absolute Gasteiger partial charge is 0.493 e. The number of nitrogens with zero attached hydrogens (tertiary/aromatic N) is 1. The second-order valence-corrected chi connectivity index (χ2v) is 11.2. The van der Waals surface area contributed by atoms with E-state index >= 15 is 0 Å². The molecule has 11 nitrogen and oxygen atoms in total. The lowest BCUT2D eigenvalue weighted by Crippen LogP contribution is -2.53. The molecule has 2 aromatic rings. The fraction of sp³-hybridized carbons (Fsp3) is 0.441. The monoisotopic (exact) mass is 643 g/mol. The molecule has 1 heterocycles. The molecule has 0 spiro atoms. The number of hydrogen-bond donors (Lipinski definition) is 1. The Morgan fingerprint density at radius 2 is 1.83 bits per heavy atom. The van der Waals surface area contributed by atoms with E-state index < -0.39 is 47.7 Å². The van der Waals surface area contributed by atoms with Crippen molar-refractivity contribution in [3.8, 4) is 11.5 Å². The molecule has 1 N–H and O–H groups in total. The Labute approximate surface area is 268 Å². The standard InChI is InChI=1S/C24H29NO9.C10H13FO/c1-4-20(28)34-15-24(2,3)21(29)22(30)25-11-6-5-10-18(25)23(31)33-13-16-8-7-9-17(12-16)32-14-19(26)27;1-4-8-6-5-7(2)10(12-3)9(8)11/h4,7-9,12,18H,1,5-6,10-11,13-15H2,2-3H3,(H,26,27);5-6H,4H2,1-3H3. The third-order valence-electron chi connectivity index (χ3n) is 7.19. The van der Waals surface area contributed by atoms with Crippen LogP contribution in [0.4, 0.5) is 4.39 Å². The number of likely N-dealkylation sites (tertiary alicyclic amines) is 1. The number of aryl methyl sites for hydroxylation is 2. The third-order valence-corrected chi connectivity index (χ3v) is 7.19. The van der Waals surface area contributed by atoms with Crippen LogP contribution in [0.5, 0.6) is 11.5 Å². The molecule has 1 aliphatic rings. The number of carbonyl (C=O) groups excluding carboxylic acids is 4. The van der Waals surface area contributed by atoms with Gasteiger partial charge in [0.05, 0.1) is 12.5 Å². The second kappa shape index (κ2) is 17.7. The topological polar surface area (TPSA) is 146 Å². The van der Waals surface area contributed by atoms with E-state index in [0.717, 1.165) is 11.6 Å². The highest BCUT2D eigenvalue weighted by Crippen LogP contribution is 2.26. The zero-order valence-electron chi connectivity index (χ0n) is 26.9. The molecular formula is C34H42FNO10. The first-order chi connectivity index (χ1) is 21.7. The second-order valence-electron chi connectivity index (χ2n) is 11.2. The van der Waals surface area contributed by atoms with Gasteiger partial charge in [-0.05, 0) is 75.3 Å². The predicted molar refractivity (Wildman–Crippen MR) is 166 cm³/mol. The van der Waals surface area contributed by atoms with Crippen LogP contribution in [0.15, 0.2) is 49.1 Å². The predicted octanol–water partition coefficient (Wildman–Crippen LogP) is 4.60. The Balaban J connectivity index is 0.000000512. The molecule has 2 aromatic carbocycles. The van der Waals surface area contributed by atoms with Crippen molar-refractivity contribution in [2.75, 3.05) is 26.9 Å². The molecule has 0 radical (unpaired) electrons. The number of carboxylic acid groups (broad SMARTS) is 1. The number of benzene rings is 2. The number of ketones is 1. The van der Waals surface area contributed by atoms with Gasteiger partial charge in [-0.1, -0.05) is 37.8 Å². The Morgan fingerprint density at radius 1 is 1.11 bits per heavy atom. The Kier molecular flexibility index (Phi) is 14.4. The molecule has 46 heavy (non-hydrogen) atoms. The first-order valence-corrected chi connectivity index (χ1v) is 14.8. The van der Waals surface area contributed by atoms with Gasteiger partial charge in [-0.15, -0.1) is 0 Å². The molecular weight excluding hydrogens is 601 g/mol. The molecule has 1 amide bonds. The summed E-state index contributed by atoms with van der Waals surface area (Å²) in [7, 11) is 1.49. The first-order valence-electron chi connectivity index (χ1n) is 14.8. The number of carboxylic acids is 1. The number of rotatable bonds is 13.